The van der Waals surface area contributed by atoms with E-state index in [1.54, 1.807) is 6.33 Å². The number of aromatic amines is 1. The van der Waals surface area contributed by atoms with Crippen molar-refractivity contribution in [3.05, 3.63) is 29.8 Å². The maximum absolute atomic E-state index is 4.51. The summed E-state index contributed by atoms with van der Waals surface area (Å²) < 4.78 is 0. The number of nitrogens with one attached hydrogen (secondary N) is 1. The van der Waals surface area contributed by atoms with Crippen LogP contribution in [0.2, 0.25) is 0 Å². The van der Waals surface area contributed by atoms with Crippen molar-refractivity contribution < 1.29 is 0 Å². The molecule has 2 aromatic rings. The summed E-state index contributed by atoms with van der Waals surface area (Å²) >= 11 is 0. The molecule has 2 aliphatic heterocycles. The molecule has 0 unspecified atom stereocenters. The van der Waals surface area contributed by atoms with Crippen molar-refractivity contribution in [1.29, 1.82) is 0 Å². The third-order valence-corrected chi connectivity index (χ3v) is 5.20. The first-order valence-corrected chi connectivity index (χ1v) is 8.63. The quantitative estimate of drug-likeness (QED) is 0.943. The Labute approximate surface area is 136 Å². The van der Waals surface area contributed by atoms with Crippen molar-refractivity contribution in [3.8, 4) is 0 Å². The van der Waals surface area contributed by atoms with E-state index in [1.165, 1.54) is 24.1 Å². The molecule has 0 atom stereocenters. The van der Waals surface area contributed by atoms with Gasteiger partial charge in [-0.3, -0.25) is 5.10 Å². The summed E-state index contributed by atoms with van der Waals surface area (Å²) in [6, 6.07) is 2.16. The van der Waals surface area contributed by atoms with Gasteiger partial charge in [0, 0.05) is 37.9 Å². The molecule has 0 radical (unpaired) electrons. The van der Waals surface area contributed by atoms with Gasteiger partial charge in [-0.1, -0.05) is 0 Å². The van der Waals surface area contributed by atoms with Crippen LogP contribution in [0.25, 0.3) is 0 Å². The standard InChI is InChI=1S/C17H24N6/c1-13-15(11-20-21-13)14-4-8-23(9-5-14)17-10-16(18-12-19-17)22-6-2-3-7-22/h10-12,14H,2-9H2,1H3,(H,20,21). The Kier molecular flexibility index (Phi) is 3.89. The fourth-order valence-corrected chi connectivity index (χ4v) is 3.82. The number of rotatable bonds is 3. The number of piperidine rings is 1. The van der Waals surface area contributed by atoms with Crippen LogP contribution in [0.1, 0.15) is 42.9 Å². The molecule has 2 aliphatic rings. The van der Waals surface area contributed by atoms with Crippen molar-refractivity contribution in [2.75, 3.05) is 36.0 Å². The first kappa shape index (κ1) is 14.5. The second kappa shape index (κ2) is 6.18. The van der Waals surface area contributed by atoms with Crippen LogP contribution in [0.15, 0.2) is 18.6 Å². The van der Waals surface area contributed by atoms with Crippen molar-refractivity contribution in [2.24, 2.45) is 0 Å². The van der Waals surface area contributed by atoms with Crippen LogP contribution in [-0.2, 0) is 0 Å². The number of hydrogen-bond acceptors (Lipinski definition) is 5. The van der Waals surface area contributed by atoms with E-state index in [4.69, 9.17) is 0 Å². The van der Waals surface area contributed by atoms with Crippen LogP contribution in [-0.4, -0.2) is 46.3 Å². The lowest BCUT2D eigenvalue weighted by molar-refractivity contribution is 0.501. The summed E-state index contributed by atoms with van der Waals surface area (Å²) in [7, 11) is 0. The van der Waals surface area contributed by atoms with Gasteiger partial charge in [0.15, 0.2) is 0 Å². The van der Waals surface area contributed by atoms with E-state index in [9.17, 15) is 0 Å². The van der Waals surface area contributed by atoms with Gasteiger partial charge in [0.1, 0.15) is 18.0 Å². The summed E-state index contributed by atoms with van der Waals surface area (Å²) in [5.74, 6) is 2.77. The zero-order valence-corrected chi connectivity index (χ0v) is 13.7. The Bertz CT molecular complexity index is 653. The van der Waals surface area contributed by atoms with Crippen molar-refractivity contribution >= 4 is 11.6 Å². The third kappa shape index (κ3) is 2.90. The number of anilines is 2. The van der Waals surface area contributed by atoms with E-state index < -0.39 is 0 Å². The SMILES string of the molecule is Cc1[nH]ncc1C1CCN(c2cc(N3CCCC3)ncn2)CC1. The largest absolute Gasteiger partial charge is 0.356 e. The number of hydrogen-bond donors (Lipinski definition) is 1. The predicted octanol–water partition coefficient (Wildman–Crippen LogP) is 2.49. The molecule has 0 aliphatic carbocycles. The average Bonchev–Trinajstić information content (AvgIpc) is 3.27. The predicted molar refractivity (Wildman–Crippen MR) is 91.0 cm³/mol. The van der Waals surface area contributed by atoms with Crippen LogP contribution in [0.3, 0.4) is 0 Å². The molecular formula is C17H24N6. The van der Waals surface area contributed by atoms with Crippen LogP contribution < -0.4 is 9.80 Å². The Morgan fingerprint density at radius 1 is 1.00 bits per heavy atom. The molecule has 0 amide bonds. The molecule has 6 heteroatoms. The van der Waals surface area contributed by atoms with Gasteiger partial charge in [0.05, 0.1) is 6.20 Å². The highest BCUT2D eigenvalue weighted by atomic mass is 15.2. The minimum absolute atomic E-state index is 0.616. The molecule has 4 rings (SSSR count). The second-order valence-corrected chi connectivity index (χ2v) is 6.64. The van der Waals surface area contributed by atoms with E-state index in [2.05, 4.69) is 43.0 Å². The lowest BCUT2D eigenvalue weighted by Crippen LogP contribution is -2.33. The van der Waals surface area contributed by atoms with E-state index in [1.807, 2.05) is 6.20 Å². The van der Waals surface area contributed by atoms with Crippen molar-refractivity contribution in [2.45, 2.75) is 38.5 Å². The fourth-order valence-electron chi connectivity index (χ4n) is 3.82. The van der Waals surface area contributed by atoms with E-state index in [0.717, 1.165) is 50.7 Å². The Balaban J connectivity index is 1.44. The molecule has 0 saturated carbocycles. The topological polar surface area (TPSA) is 60.9 Å². The third-order valence-electron chi connectivity index (χ3n) is 5.20. The van der Waals surface area contributed by atoms with E-state index in [-0.39, 0.29) is 0 Å². The lowest BCUT2D eigenvalue weighted by Gasteiger charge is -2.33. The number of aryl methyl sites for hydroxylation is 1. The monoisotopic (exact) mass is 312 g/mol. The maximum atomic E-state index is 4.51. The molecule has 122 valence electrons. The molecule has 0 spiro atoms. The smallest absolute Gasteiger partial charge is 0.134 e. The highest BCUT2D eigenvalue weighted by Crippen LogP contribution is 2.31. The minimum atomic E-state index is 0.616. The zero-order chi connectivity index (χ0) is 15.6. The van der Waals surface area contributed by atoms with Crippen LogP contribution >= 0.6 is 0 Å². The number of H-pyrrole nitrogens is 1. The van der Waals surface area contributed by atoms with Crippen molar-refractivity contribution in [3.63, 3.8) is 0 Å². The molecule has 6 nitrogen and oxygen atoms in total. The molecule has 2 fully saturated rings. The van der Waals surface area contributed by atoms with Gasteiger partial charge >= 0.3 is 0 Å². The van der Waals surface area contributed by atoms with Crippen LogP contribution in [0.4, 0.5) is 11.6 Å². The molecule has 23 heavy (non-hydrogen) atoms. The second-order valence-electron chi connectivity index (χ2n) is 6.64. The zero-order valence-electron chi connectivity index (χ0n) is 13.7. The lowest BCUT2D eigenvalue weighted by atomic mass is 9.90. The highest BCUT2D eigenvalue weighted by molar-refractivity contribution is 5.51. The first-order valence-electron chi connectivity index (χ1n) is 8.63. The number of nitrogens with zero attached hydrogens (tertiary/aromatic N) is 5. The Hall–Kier alpha value is -2.11. The summed E-state index contributed by atoms with van der Waals surface area (Å²) in [5, 5.41) is 7.22. The highest BCUT2D eigenvalue weighted by Gasteiger charge is 2.24. The van der Waals surface area contributed by atoms with E-state index >= 15 is 0 Å². The van der Waals surface area contributed by atoms with Gasteiger partial charge in [-0.2, -0.15) is 5.10 Å². The molecular weight excluding hydrogens is 288 g/mol. The molecule has 2 saturated heterocycles. The van der Waals surface area contributed by atoms with Gasteiger partial charge in [-0.25, -0.2) is 9.97 Å². The molecule has 0 aromatic carbocycles. The summed E-state index contributed by atoms with van der Waals surface area (Å²) in [4.78, 5) is 13.7. The van der Waals surface area contributed by atoms with Crippen LogP contribution in [0, 0.1) is 6.92 Å². The molecule has 4 heterocycles. The summed E-state index contributed by atoms with van der Waals surface area (Å²) in [5.41, 5.74) is 2.59. The van der Waals surface area contributed by atoms with E-state index in [0.29, 0.717) is 5.92 Å². The Morgan fingerprint density at radius 3 is 2.26 bits per heavy atom. The minimum Gasteiger partial charge on any atom is -0.356 e. The molecule has 0 bridgehead atoms. The Morgan fingerprint density at radius 2 is 1.65 bits per heavy atom. The molecule has 2 aromatic heterocycles. The van der Waals surface area contributed by atoms with Crippen molar-refractivity contribution in [1.82, 2.24) is 20.2 Å². The number of aromatic nitrogens is 4. The first-order chi connectivity index (χ1) is 11.3. The van der Waals surface area contributed by atoms with Crippen LogP contribution in [0.5, 0.6) is 0 Å². The van der Waals surface area contributed by atoms with Gasteiger partial charge < -0.3 is 9.80 Å². The average molecular weight is 312 g/mol. The molecule has 1 N–H and O–H groups in total. The fraction of sp³-hybridized carbons (Fsp3) is 0.588. The van der Waals surface area contributed by atoms with Gasteiger partial charge in [-0.15, -0.1) is 0 Å². The van der Waals surface area contributed by atoms with Gasteiger partial charge in [-0.05, 0) is 44.1 Å². The summed E-state index contributed by atoms with van der Waals surface area (Å²) in [6.45, 7) is 6.45. The maximum Gasteiger partial charge on any atom is 0.134 e. The van der Waals surface area contributed by atoms with Gasteiger partial charge in [0.2, 0.25) is 0 Å². The van der Waals surface area contributed by atoms with Gasteiger partial charge in [0.25, 0.3) is 0 Å². The summed E-state index contributed by atoms with van der Waals surface area (Å²) in [6.07, 6.45) is 8.57. The normalized spacial score (nSPS) is 19.5.